The number of allylic oxidation sites excluding steroid dienone is 7. The molecule has 1 aliphatic carbocycles. The quantitative estimate of drug-likeness (QED) is 0.499. The molecule has 33 heavy (non-hydrogen) atoms. The fourth-order valence-corrected chi connectivity index (χ4v) is 4.08. The van der Waals surface area contributed by atoms with Gasteiger partial charge in [-0.15, -0.1) is 0 Å². The van der Waals surface area contributed by atoms with Gasteiger partial charge in [-0.3, -0.25) is 9.78 Å². The van der Waals surface area contributed by atoms with Crippen LogP contribution in [0.15, 0.2) is 77.6 Å². The minimum absolute atomic E-state index is 0.0472. The smallest absolute Gasteiger partial charge is 0.300 e. The summed E-state index contributed by atoms with van der Waals surface area (Å²) in [7, 11) is 0. The lowest BCUT2D eigenvalue weighted by Crippen LogP contribution is -2.19. The molecule has 2 aromatic rings. The van der Waals surface area contributed by atoms with Crippen LogP contribution < -0.4 is 15.0 Å². The van der Waals surface area contributed by atoms with Crippen LogP contribution in [0.25, 0.3) is 11.1 Å². The third-order valence-electron chi connectivity index (χ3n) is 5.77. The minimum Gasteiger partial charge on any atom is -0.460 e. The number of nitrogens with zero attached hydrogens (tertiary/aromatic N) is 1. The van der Waals surface area contributed by atoms with Crippen molar-refractivity contribution >= 4 is 11.1 Å². The minimum atomic E-state index is -0.485. The SMILES string of the molecule is C=C1C=C(CC)c2c(nc(OCc3cccc(/C(=C/C=C4CCCC4)C(=C)F)c3)[nH]c2=O)O1. The average molecular weight is 447 g/mol. The largest absolute Gasteiger partial charge is 0.460 e. The molecule has 5 nitrogen and oxygen atoms in total. The second kappa shape index (κ2) is 9.86. The Kier molecular flexibility index (Phi) is 6.73. The van der Waals surface area contributed by atoms with Crippen LogP contribution in [0.4, 0.5) is 4.39 Å². The number of rotatable bonds is 7. The zero-order chi connectivity index (χ0) is 23.4. The van der Waals surface area contributed by atoms with Gasteiger partial charge in [0.05, 0.1) is 0 Å². The molecule has 4 rings (SSSR count). The van der Waals surface area contributed by atoms with Crippen molar-refractivity contribution in [2.75, 3.05) is 0 Å². The van der Waals surface area contributed by atoms with Gasteiger partial charge in [0.2, 0.25) is 5.88 Å². The maximum absolute atomic E-state index is 14.2. The third kappa shape index (κ3) is 5.22. The molecule has 0 unspecified atom stereocenters. The highest BCUT2D eigenvalue weighted by Gasteiger charge is 2.22. The number of aromatic nitrogens is 2. The first kappa shape index (κ1) is 22.5. The molecule has 1 aromatic carbocycles. The number of nitrogens with one attached hydrogen (secondary N) is 1. The van der Waals surface area contributed by atoms with Crippen LogP contribution >= 0.6 is 0 Å². The maximum Gasteiger partial charge on any atom is 0.300 e. The molecule has 0 saturated heterocycles. The summed E-state index contributed by atoms with van der Waals surface area (Å²) in [5.74, 6) is 0.126. The molecular formula is C27H27FN2O3. The Morgan fingerprint density at radius 1 is 1.33 bits per heavy atom. The summed E-state index contributed by atoms with van der Waals surface area (Å²) in [6.07, 6.45) is 10.7. The standard InChI is InChI=1S/C27H27FN2O3/c1-4-21-14-17(2)33-26-24(21)25(31)29-27(30-26)32-16-20-10-7-11-22(15-20)23(18(3)28)13-12-19-8-5-6-9-19/h7,10-15H,2-6,8-9,16H2,1H3,(H,29,30,31)/b23-13+. The van der Waals surface area contributed by atoms with Gasteiger partial charge >= 0.3 is 0 Å². The lowest BCUT2D eigenvalue weighted by Gasteiger charge is -2.17. The summed E-state index contributed by atoms with van der Waals surface area (Å²) >= 11 is 0. The maximum atomic E-state index is 14.2. The van der Waals surface area contributed by atoms with Gasteiger partial charge in [-0.1, -0.05) is 56.0 Å². The summed E-state index contributed by atoms with van der Waals surface area (Å²) in [5, 5.41) is 0. The van der Waals surface area contributed by atoms with Gasteiger partial charge in [-0.2, -0.15) is 4.98 Å². The van der Waals surface area contributed by atoms with E-state index < -0.39 is 5.83 Å². The van der Waals surface area contributed by atoms with E-state index in [1.54, 1.807) is 12.2 Å². The van der Waals surface area contributed by atoms with E-state index in [1.165, 1.54) is 18.4 Å². The Labute approximate surface area is 192 Å². The Morgan fingerprint density at radius 2 is 2.12 bits per heavy atom. The second-order valence-corrected chi connectivity index (χ2v) is 8.15. The number of hydrogen-bond donors (Lipinski definition) is 1. The van der Waals surface area contributed by atoms with Gasteiger partial charge in [0, 0.05) is 5.57 Å². The summed E-state index contributed by atoms with van der Waals surface area (Å²) in [5.41, 5.74) is 4.17. The number of ether oxygens (including phenoxy) is 2. The van der Waals surface area contributed by atoms with Crippen LogP contribution in [-0.2, 0) is 6.61 Å². The van der Waals surface area contributed by atoms with E-state index in [0.717, 1.165) is 24.0 Å². The zero-order valence-corrected chi connectivity index (χ0v) is 18.7. The van der Waals surface area contributed by atoms with E-state index in [4.69, 9.17) is 9.47 Å². The number of hydrogen-bond acceptors (Lipinski definition) is 4. The van der Waals surface area contributed by atoms with E-state index >= 15 is 0 Å². The highest BCUT2D eigenvalue weighted by Crippen LogP contribution is 2.31. The summed E-state index contributed by atoms with van der Waals surface area (Å²) < 4.78 is 25.5. The van der Waals surface area contributed by atoms with E-state index in [1.807, 2.05) is 37.3 Å². The van der Waals surface area contributed by atoms with Crippen LogP contribution in [0.3, 0.4) is 0 Å². The molecule has 1 fully saturated rings. The monoisotopic (exact) mass is 446 g/mol. The topological polar surface area (TPSA) is 64.2 Å². The molecular weight excluding hydrogens is 419 g/mol. The van der Waals surface area contributed by atoms with Crippen LogP contribution in [0, 0.1) is 0 Å². The van der Waals surface area contributed by atoms with Crippen molar-refractivity contribution in [2.24, 2.45) is 0 Å². The van der Waals surface area contributed by atoms with Crippen molar-refractivity contribution in [3.63, 3.8) is 0 Å². The molecule has 1 aliphatic heterocycles. The molecule has 170 valence electrons. The van der Waals surface area contributed by atoms with Crippen LogP contribution in [0.2, 0.25) is 0 Å². The first-order chi connectivity index (χ1) is 15.9. The van der Waals surface area contributed by atoms with E-state index in [9.17, 15) is 9.18 Å². The van der Waals surface area contributed by atoms with Gasteiger partial charge in [-0.05, 0) is 60.9 Å². The summed E-state index contributed by atoms with van der Waals surface area (Å²) in [6, 6.07) is 7.43. The molecule has 1 saturated carbocycles. The fraction of sp³-hybridized carbons (Fsp3) is 0.259. The molecule has 0 spiro atoms. The molecule has 0 radical (unpaired) electrons. The second-order valence-electron chi connectivity index (χ2n) is 8.15. The van der Waals surface area contributed by atoms with Crippen LogP contribution in [-0.4, -0.2) is 9.97 Å². The van der Waals surface area contributed by atoms with E-state index in [0.29, 0.717) is 28.9 Å². The van der Waals surface area contributed by atoms with Gasteiger partial charge in [0.1, 0.15) is 23.8 Å². The van der Waals surface area contributed by atoms with Gasteiger partial charge < -0.3 is 9.47 Å². The normalized spacial score (nSPS) is 15.6. The Hall–Kier alpha value is -3.67. The lowest BCUT2D eigenvalue weighted by molar-refractivity contribution is 0.273. The Morgan fingerprint density at radius 3 is 2.85 bits per heavy atom. The van der Waals surface area contributed by atoms with Crippen LogP contribution in [0.5, 0.6) is 11.9 Å². The molecule has 0 atom stereocenters. The van der Waals surface area contributed by atoms with Crippen molar-refractivity contribution in [1.82, 2.24) is 9.97 Å². The van der Waals surface area contributed by atoms with Crippen molar-refractivity contribution in [3.8, 4) is 11.9 Å². The van der Waals surface area contributed by atoms with Gasteiger partial charge in [0.15, 0.2) is 0 Å². The number of aromatic amines is 1. The van der Waals surface area contributed by atoms with Gasteiger partial charge in [0.25, 0.3) is 11.6 Å². The zero-order valence-electron chi connectivity index (χ0n) is 18.7. The first-order valence-corrected chi connectivity index (χ1v) is 11.1. The fourth-order valence-electron chi connectivity index (χ4n) is 4.08. The van der Waals surface area contributed by atoms with E-state index in [2.05, 4.69) is 23.1 Å². The first-order valence-electron chi connectivity index (χ1n) is 11.1. The number of fused-ring (bicyclic) bond motifs is 1. The number of H-pyrrole nitrogens is 1. The third-order valence-corrected chi connectivity index (χ3v) is 5.77. The Bertz CT molecular complexity index is 1240. The highest BCUT2D eigenvalue weighted by molar-refractivity contribution is 5.78. The lowest BCUT2D eigenvalue weighted by atomic mass is 10.0. The molecule has 0 amide bonds. The number of benzene rings is 1. The Balaban J connectivity index is 1.54. The number of halogens is 1. The van der Waals surface area contributed by atoms with Crippen molar-refractivity contribution in [2.45, 2.75) is 45.6 Å². The van der Waals surface area contributed by atoms with Gasteiger partial charge in [-0.25, -0.2) is 4.39 Å². The highest BCUT2D eigenvalue weighted by atomic mass is 19.1. The molecule has 0 bridgehead atoms. The molecule has 2 aliphatic rings. The molecule has 6 heteroatoms. The van der Waals surface area contributed by atoms with Crippen LogP contribution in [0.1, 0.15) is 55.7 Å². The van der Waals surface area contributed by atoms with Crippen molar-refractivity contribution < 1.29 is 13.9 Å². The van der Waals surface area contributed by atoms with Crippen molar-refractivity contribution in [1.29, 1.82) is 0 Å². The predicted molar refractivity (Wildman–Crippen MR) is 128 cm³/mol. The van der Waals surface area contributed by atoms with Crippen molar-refractivity contribution in [3.05, 3.63) is 99.9 Å². The molecule has 2 heterocycles. The summed E-state index contributed by atoms with van der Waals surface area (Å²) in [4.78, 5) is 19.5. The van der Waals surface area contributed by atoms with E-state index in [-0.39, 0.29) is 24.1 Å². The predicted octanol–water partition coefficient (Wildman–Crippen LogP) is 6.42. The molecule has 1 aromatic heterocycles. The average Bonchev–Trinajstić information content (AvgIpc) is 3.30. The molecule has 1 N–H and O–H groups in total. The summed E-state index contributed by atoms with van der Waals surface area (Å²) in [6.45, 7) is 9.39.